The topological polar surface area (TPSA) is 80.9 Å². The Morgan fingerprint density at radius 1 is 0.857 bits per heavy atom. The fourth-order valence-electron chi connectivity index (χ4n) is 2.78. The van der Waals surface area contributed by atoms with E-state index in [9.17, 15) is 4.79 Å². The van der Waals surface area contributed by atoms with Gasteiger partial charge in [0.2, 0.25) is 5.89 Å². The van der Waals surface area contributed by atoms with Crippen LogP contribution in [0.25, 0.3) is 22.7 Å². The van der Waals surface area contributed by atoms with E-state index in [1.54, 1.807) is 12.3 Å². The SMILES string of the molecule is O=C(NCCc1nnc(-c2ccccn2)o1)c1ccc(-c2ccccc2)cc1. The van der Waals surface area contributed by atoms with Crippen LogP contribution in [0.2, 0.25) is 0 Å². The summed E-state index contributed by atoms with van der Waals surface area (Å²) in [6.07, 6.45) is 2.12. The first-order valence-corrected chi connectivity index (χ1v) is 8.97. The van der Waals surface area contributed by atoms with Crippen LogP contribution < -0.4 is 5.32 Å². The maximum Gasteiger partial charge on any atom is 0.266 e. The number of benzene rings is 2. The van der Waals surface area contributed by atoms with Gasteiger partial charge in [0.1, 0.15) is 5.69 Å². The van der Waals surface area contributed by atoms with Crippen LogP contribution in [-0.2, 0) is 6.42 Å². The van der Waals surface area contributed by atoms with Crippen LogP contribution in [0.5, 0.6) is 0 Å². The molecule has 0 aliphatic heterocycles. The molecule has 6 heteroatoms. The molecule has 2 aromatic heterocycles. The number of carbonyl (C=O) groups is 1. The molecule has 0 saturated heterocycles. The molecular weight excluding hydrogens is 352 g/mol. The van der Waals surface area contributed by atoms with Crippen molar-refractivity contribution in [3.05, 3.63) is 90.4 Å². The normalized spacial score (nSPS) is 10.6. The van der Waals surface area contributed by atoms with Crippen molar-refractivity contribution in [3.8, 4) is 22.7 Å². The van der Waals surface area contributed by atoms with Gasteiger partial charge in [-0.2, -0.15) is 0 Å². The molecule has 0 atom stereocenters. The second-order valence-corrected chi connectivity index (χ2v) is 6.17. The summed E-state index contributed by atoms with van der Waals surface area (Å²) in [5.74, 6) is 0.697. The van der Waals surface area contributed by atoms with Gasteiger partial charge in [0.25, 0.3) is 11.8 Å². The Kier molecular flexibility index (Phi) is 5.20. The monoisotopic (exact) mass is 370 g/mol. The zero-order chi connectivity index (χ0) is 19.2. The number of nitrogens with zero attached hydrogens (tertiary/aromatic N) is 3. The summed E-state index contributed by atoms with van der Waals surface area (Å²) < 4.78 is 5.59. The van der Waals surface area contributed by atoms with Gasteiger partial charge in [-0.3, -0.25) is 9.78 Å². The first-order chi connectivity index (χ1) is 13.8. The Balaban J connectivity index is 1.32. The molecule has 28 heavy (non-hydrogen) atoms. The summed E-state index contributed by atoms with van der Waals surface area (Å²) >= 11 is 0. The number of aromatic nitrogens is 3. The molecule has 0 saturated carbocycles. The van der Waals surface area contributed by atoms with Crippen molar-refractivity contribution in [2.75, 3.05) is 6.54 Å². The standard InChI is InChI=1S/C22H18N4O2/c27-21(18-11-9-17(10-12-18)16-6-2-1-3-7-16)24-15-13-20-25-26-22(28-20)19-8-4-5-14-23-19/h1-12,14H,13,15H2,(H,24,27). The van der Waals surface area contributed by atoms with E-state index in [0.29, 0.717) is 36.0 Å². The number of hydrogen-bond acceptors (Lipinski definition) is 5. The van der Waals surface area contributed by atoms with E-state index in [-0.39, 0.29) is 5.91 Å². The van der Waals surface area contributed by atoms with Crippen LogP contribution in [0.15, 0.2) is 83.4 Å². The maximum atomic E-state index is 12.3. The number of hydrogen-bond donors (Lipinski definition) is 1. The molecule has 0 radical (unpaired) electrons. The highest BCUT2D eigenvalue weighted by Crippen LogP contribution is 2.19. The van der Waals surface area contributed by atoms with Crippen LogP contribution in [0, 0.1) is 0 Å². The zero-order valence-corrected chi connectivity index (χ0v) is 15.1. The van der Waals surface area contributed by atoms with Crippen LogP contribution in [-0.4, -0.2) is 27.6 Å². The Labute approximate surface area is 162 Å². The largest absolute Gasteiger partial charge is 0.419 e. The number of amides is 1. The molecule has 4 rings (SSSR count). The summed E-state index contributed by atoms with van der Waals surface area (Å²) in [5, 5.41) is 10.9. The van der Waals surface area contributed by atoms with Gasteiger partial charge < -0.3 is 9.73 Å². The molecule has 6 nitrogen and oxygen atoms in total. The molecule has 0 fully saturated rings. The lowest BCUT2D eigenvalue weighted by molar-refractivity contribution is 0.0953. The molecule has 2 aromatic carbocycles. The lowest BCUT2D eigenvalue weighted by Gasteiger charge is -2.05. The zero-order valence-electron chi connectivity index (χ0n) is 15.1. The van der Waals surface area contributed by atoms with E-state index in [1.165, 1.54) is 0 Å². The van der Waals surface area contributed by atoms with E-state index in [1.807, 2.05) is 66.7 Å². The second-order valence-electron chi connectivity index (χ2n) is 6.17. The molecule has 1 amide bonds. The average Bonchev–Trinajstić information content (AvgIpc) is 3.24. The number of carbonyl (C=O) groups excluding carboxylic acids is 1. The number of pyridine rings is 1. The van der Waals surface area contributed by atoms with Gasteiger partial charge in [0.15, 0.2) is 0 Å². The van der Waals surface area contributed by atoms with E-state index in [2.05, 4.69) is 20.5 Å². The fraction of sp³-hybridized carbons (Fsp3) is 0.0909. The molecule has 0 aliphatic carbocycles. The molecule has 138 valence electrons. The quantitative estimate of drug-likeness (QED) is 0.559. The van der Waals surface area contributed by atoms with E-state index in [0.717, 1.165) is 11.1 Å². The van der Waals surface area contributed by atoms with E-state index < -0.39 is 0 Å². The smallest absolute Gasteiger partial charge is 0.266 e. The van der Waals surface area contributed by atoms with Gasteiger partial charge >= 0.3 is 0 Å². The van der Waals surface area contributed by atoms with Crippen molar-refractivity contribution >= 4 is 5.91 Å². The van der Waals surface area contributed by atoms with Crippen molar-refractivity contribution in [1.82, 2.24) is 20.5 Å². The van der Waals surface area contributed by atoms with Crippen molar-refractivity contribution < 1.29 is 9.21 Å². The number of rotatable bonds is 6. The van der Waals surface area contributed by atoms with Gasteiger partial charge in [-0.05, 0) is 35.4 Å². The molecule has 0 aliphatic rings. The van der Waals surface area contributed by atoms with Gasteiger partial charge in [0.05, 0.1) is 0 Å². The molecule has 0 bridgehead atoms. The highest BCUT2D eigenvalue weighted by molar-refractivity contribution is 5.94. The van der Waals surface area contributed by atoms with E-state index >= 15 is 0 Å². The summed E-state index contributed by atoms with van der Waals surface area (Å²) in [6.45, 7) is 0.406. The Morgan fingerprint density at radius 3 is 2.36 bits per heavy atom. The summed E-state index contributed by atoms with van der Waals surface area (Å²) in [7, 11) is 0. The third-order valence-corrected chi connectivity index (χ3v) is 4.23. The van der Waals surface area contributed by atoms with Crippen LogP contribution in [0.1, 0.15) is 16.2 Å². The minimum Gasteiger partial charge on any atom is -0.419 e. The first kappa shape index (κ1) is 17.6. The molecule has 4 aromatic rings. The second kappa shape index (κ2) is 8.26. The predicted octanol–water partition coefficient (Wildman–Crippen LogP) is 3.77. The predicted molar refractivity (Wildman–Crippen MR) is 105 cm³/mol. The lowest BCUT2D eigenvalue weighted by atomic mass is 10.0. The fourth-order valence-corrected chi connectivity index (χ4v) is 2.78. The highest BCUT2D eigenvalue weighted by atomic mass is 16.4. The lowest BCUT2D eigenvalue weighted by Crippen LogP contribution is -2.25. The highest BCUT2D eigenvalue weighted by Gasteiger charge is 2.10. The maximum absolute atomic E-state index is 12.3. The van der Waals surface area contributed by atoms with Crippen molar-refractivity contribution in [1.29, 1.82) is 0 Å². The Morgan fingerprint density at radius 2 is 1.61 bits per heavy atom. The van der Waals surface area contributed by atoms with Crippen LogP contribution >= 0.6 is 0 Å². The third-order valence-electron chi connectivity index (χ3n) is 4.23. The Bertz CT molecular complexity index is 1040. The summed E-state index contributed by atoms with van der Waals surface area (Å²) in [5.41, 5.74) is 3.43. The van der Waals surface area contributed by atoms with Crippen LogP contribution in [0.4, 0.5) is 0 Å². The molecule has 1 N–H and O–H groups in total. The molecule has 2 heterocycles. The average molecular weight is 370 g/mol. The van der Waals surface area contributed by atoms with Gasteiger partial charge in [0, 0.05) is 24.7 Å². The first-order valence-electron chi connectivity index (χ1n) is 8.97. The summed E-state index contributed by atoms with van der Waals surface area (Å²) in [6, 6.07) is 23.1. The third kappa shape index (κ3) is 4.12. The van der Waals surface area contributed by atoms with Gasteiger partial charge in [-0.15, -0.1) is 10.2 Å². The minimum atomic E-state index is -0.135. The summed E-state index contributed by atoms with van der Waals surface area (Å²) in [4.78, 5) is 16.5. The minimum absolute atomic E-state index is 0.135. The van der Waals surface area contributed by atoms with Crippen molar-refractivity contribution in [2.24, 2.45) is 0 Å². The Hall–Kier alpha value is -3.80. The molecule has 0 unspecified atom stereocenters. The van der Waals surface area contributed by atoms with Crippen molar-refractivity contribution in [2.45, 2.75) is 6.42 Å². The van der Waals surface area contributed by atoms with Gasteiger partial charge in [-0.25, -0.2) is 0 Å². The van der Waals surface area contributed by atoms with E-state index in [4.69, 9.17) is 4.42 Å². The molecular formula is C22H18N4O2. The van der Waals surface area contributed by atoms with Gasteiger partial charge in [-0.1, -0.05) is 48.5 Å². The number of nitrogens with one attached hydrogen (secondary N) is 1. The van der Waals surface area contributed by atoms with Crippen LogP contribution in [0.3, 0.4) is 0 Å². The molecule has 0 spiro atoms. The van der Waals surface area contributed by atoms with Crippen molar-refractivity contribution in [3.63, 3.8) is 0 Å².